The average Bonchev–Trinajstić information content (AvgIpc) is 2.27. The molecule has 2 atom stereocenters. The van der Waals surface area contributed by atoms with Gasteiger partial charge in [-0.3, -0.25) is 0 Å². The Bertz CT molecular complexity index is 466. The van der Waals surface area contributed by atoms with E-state index >= 15 is 0 Å². The molecule has 1 saturated heterocycles. The molecule has 2 N–H and O–H groups in total. The molecular weight excluding hydrogens is 210 g/mol. The molecule has 3 rings (SSSR count). The van der Waals surface area contributed by atoms with Gasteiger partial charge >= 0.3 is 0 Å². The van der Waals surface area contributed by atoms with E-state index in [0.29, 0.717) is 11.8 Å². The maximum atomic E-state index is 9.75. The van der Waals surface area contributed by atoms with Crippen molar-refractivity contribution in [2.45, 2.75) is 50.5 Å². The fraction of sp³-hybridized carbons (Fsp3) is 0.600. The van der Waals surface area contributed by atoms with Crippen molar-refractivity contribution in [2.24, 2.45) is 0 Å². The number of aromatic hydroxyl groups is 1. The second-order valence-corrected chi connectivity index (χ2v) is 6.47. The normalized spacial score (nSPS) is 34.2. The third-order valence-corrected chi connectivity index (χ3v) is 4.94. The lowest BCUT2D eigenvalue weighted by Gasteiger charge is -2.52. The molecule has 2 unspecified atom stereocenters. The molecule has 92 valence electrons. The number of hydrogen-bond acceptors (Lipinski definition) is 2. The second-order valence-electron chi connectivity index (χ2n) is 6.47. The summed E-state index contributed by atoms with van der Waals surface area (Å²) in [4.78, 5) is 0. The lowest BCUT2D eigenvalue weighted by atomic mass is 9.57. The Labute approximate surface area is 103 Å². The number of piperidine rings is 1. The first-order valence-electron chi connectivity index (χ1n) is 6.51. The molecule has 0 aromatic heterocycles. The molecule has 0 saturated carbocycles. The number of rotatable bonds is 0. The highest BCUT2D eigenvalue weighted by molar-refractivity contribution is 5.47. The van der Waals surface area contributed by atoms with Gasteiger partial charge in [0.05, 0.1) is 0 Å². The number of nitrogens with one attached hydrogen (secondary N) is 1. The van der Waals surface area contributed by atoms with E-state index in [1.807, 2.05) is 12.1 Å². The van der Waals surface area contributed by atoms with Gasteiger partial charge in [0.2, 0.25) is 0 Å². The number of fused-ring (bicyclic) bond motifs is 4. The van der Waals surface area contributed by atoms with E-state index in [1.54, 1.807) is 0 Å². The van der Waals surface area contributed by atoms with Crippen molar-refractivity contribution in [3.63, 3.8) is 0 Å². The van der Waals surface area contributed by atoms with Crippen molar-refractivity contribution in [1.82, 2.24) is 5.32 Å². The minimum Gasteiger partial charge on any atom is -0.508 e. The van der Waals surface area contributed by atoms with Crippen LogP contribution in [-0.4, -0.2) is 17.7 Å². The van der Waals surface area contributed by atoms with Crippen molar-refractivity contribution in [3.05, 3.63) is 29.3 Å². The minimum atomic E-state index is 0.156. The van der Waals surface area contributed by atoms with Crippen LogP contribution in [0, 0.1) is 0 Å². The smallest absolute Gasteiger partial charge is 0.115 e. The third kappa shape index (κ3) is 1.43. The lowest BCUT2D eigenvalue weighted by Crippen LogP contribution is -2.57. The summed E-state index contributed by atoms with van der Waals surface area (Å²) in [6.07, 6.45) is 2.34. The van der Waals surface area contributed by atoms with Crippen LogP contribution in [0.5, 0.6) is 5.75 Å². The maximum absolute atomic E-state index is 9.75. The zero-order valence-electron chi connectivity index (χ0n) is 10.9. The Morgan fingerprint density at radius 3 is 2.76 bits per heavy atom. The van der Waals surface area contributed by atoms with Gasteiger partial charge in [-0.05, 0) is 48.1 Å². The highest BCUT2D eigenvalue weighted by Crippen LogP contribution is 2.50. The molecule has 2 aliphatic rings. The predicted molar refractivity (Wildman–Crippen MR) is 69.5 cm³/mol. The lowest BCUT2D eigenvalue weighted by molar-refractivity contribution is 0.178. The van der Waals surface area contributed by atoms with Crippen molar-refractivity contribution >= 4 is 0 Å². The summed E-state index contributed by atoms with van der Waals surface area (Å²) >= 11 is 0. The number of phenolic OH excluding ortho intramolecular Hbond substituents is 1. The molecule has 0 spiro atoms. The van der Waals surface area contributed by atoms with Gasteiger partial charge in [0.15, 0.2) is 0 Å². The summed E-state index contributed by atoms with van der Waals surface area (Å²) in [6.45, 7) is 8.05. The van der Waals surface area contributed by atoms with Gasteiger partial charge in [-0.15, -0.1) is 0 Å². The van der Waals surface area contributed by atoms with Crippen LogP contribution in [0.25, 0.3) is 0 Å². The highest BCUT2D eigenvalue weighted by atomic mass is 16.3. The summed E-state index contributed by atoms with van der Waals surface area (Å²) in [5.74, 6) is 0.401. The Hall–Kier alpha value is -1.02. The summed E-state index contributed by atoms with van der Waals surface area (Å²) in [5.41, 5.74) is 3.16. The van der Waals surface area contributed by atoms with Crippen LogP contribution in [0.4, 0.5) is 0 Å². The van der Waals surface area contributed by atoms with Crippen molar-refractivity contribution in [1.29, 1.82) is 0 Å². The Morgan fingerprint density at radius 1 is 1.24 bits per heavy atom. The molecule has 17 heavy (non-hydrogen) atoms. The molecule has 0 amide bonds. The van der Waals surface area contributed by atoms with E-state index in [2.05, 4.69) is 32.2 Å². The molecule has 1 aromatic carbocycles. The fourth-order valence-corrected chi connectivity index (χ4v) is 3.68. The summed E-state index contributed by atoms with van der Waals surface area (Å²) in [5, 5.41) is 13.4. The molecule has 1 heterocycles. The number of hydrogen-bond donors (Lipinski definition) is 2. The van der Waals surface area contributed by atoms with E-state index < -0.39 is 0 Å². The monoisotopic (exact) mass is 231 g/mol. The molecule has 0 radical (unpaired) electrons. The van der Waals surface area contributed by atoms with Crippen LogP contribution in [0.3, 0.4) is 0 Å². The summed E-state index contributed by atoms with van der Waals surface area (Å²) < 4.78 is 0. The molecule has 2 bridgehead atoms. The zero-order chi connectivity index (χ0) is 12.3. The van der Waals surface area contributed by atoms with Crippen LogP contribution in [0.2, 0.25) is 0 Å². The molecule has 1 aliphatic heterocycles. The van der Waals surface area contributed by atoms with Crippen molar-refractivity contribution in [3.8, 4) is 5.75 Å². The molecular formula is C15H21NO. The Balaban J connectivity index is 2.25. The predicted octanol–water partition coefficient (Wildman–Crippen LogP) is 2.69. The Morgan fingerprint density at radius 2 is 2.00 bits per heavy atom. The van der Waals surface area contributed by atoms with Crippen LogP contribution >= 0.6 is 0 Å². The fourth-order valence-electron chi connectivity index (χ4n) is 3.68. The van der Waals surface area contributed by atoms with E-state index in [1.165, 1.54) is 17.5 Å². The van der Waals surface area contributed by atoms with Crippen LogP contribution in [0.15, 0.2) is 18.2 Å². The number of phenols is 1. The molecule has 1 fully saturated rings. The largest absolute Gasteiger partial charge is 0.508 e. The molecule has 2 nitrogen and oxygen atoms in total. The Kier molecular flexibility index (Phi) is 2.13. The van der Waals surface area contributed by atoms with Gasteiger partial charge in [-0.2, -0.15) is 0 Å². The van der Waals surface area contributed by atoms with Gasteiger partial charge < -0.3 is 10.4 Å². The standard InChI is InChI=1S/C15H21NO/c1-14(2)11-5-4-10(17)8-12(11)15(3)6-7-16-13(14)9-15/h4-5,8,13,16-17H,6-7,9H2,1-3H3. The van der Waals surface area contributed by atoms with Crippen molar-refractivity contribution < 1.29 is 5.11 Å². The van der Waals surface area contributed by atoms with Gasteiger partial charge in [-0.25, -0.2) is 0 Å². The van der Waals surface area contributed by atoms with E-state index in [4.69, 9.17) is 0 Å². The molecule has 2 heteroatoms. The van der Waals surface area contributed by atoms with E-state index in [9.17, 15) is 5.11 Å². The summed E-state index contributed by atoms with van der Waals surface area (Å²) in [6, 6.07) is 6.48. The van der Waals surface area contributed by atoms with Gasteiger partial charge in [-0.1, -0.05) is 26.8 Å². The van der Waals surface area contributed by atoms with E-state index in [-0.39, 0.29) is 10.8 Å². The first kappa shape index (κ1) is 11.1. The quantitative estimate of drug-likeness (QED) is 0.719. The SMILES string of the molecule is CC12CCNC(C1)C(C)(C)c1ccc(O)cc12. The van der Waals surface area contributed by atoms with Crippen molar-refractivity contribution in [2.75, 3.05) is 6.54 Å². The van der Waals surface area contributed by atoms with Gasteiger partial charge in [0, 0.05) is 11.5 Å². The average molecular weight is 231 g/mol. The van der Waals surface area contributed by atoms with Gasteiger partial charge in [0.1, 0.15) is 5.75 Å². The maximum Gasteiger partial charge on any atom is 0.115 e. The van der Waals surface area contributed by atoms with Crippen LogP contribution in [-0.2, 0) is 10.8 Å². The third-order valence-electron chi connectivity index (χ3n) is 4.94. The second kappa shape index (κ2) is 3.26. The first-order chi connectivity index (χ1) is 7.93. The highest BCUT2D eigenvalue weighted by Gasteiger charge is 2.48. The summed E-state index contributed by atoms with van der Waals surface area (Å²) in [7, 11) is 0. The van der Waals surface area contributed by atoms with E-state index in [0.717, 1.165) is 13.0 Å². The van der Waals surface area contributed by atoms with Crippen LogP contribution < -0.4 is 5.32 Å². The zero-order valence-corrected chi connectivity index (χ0v) is 10.9. The topological polar surface area (TPSA) is 32.3 Å². The minimum absolute atomic E-state index is 0.156. The first-order valence-corrected chi connectivity index (χ1v) is 6.51. The molecule has 1 aliphatic carbocycles. The number of benzene rings is 1. The molecule has 1 aromatic rings. The van der Waals surface area contributed by atoms with Gasteiger partial charge in [0.25, 0.3) is 0 Å². The van der Waals surface area contributed by atoms with Crippen LogP contribution in [0.1, 0.15) is 44.7 Å².